The summed E-state index contributed by atoms with van der Waals surface area (Å²) < 4.78 is 17.4. The largest absolute Gasteiger partial charge is 0.489 e. The lowest BCUT2D eigenvalue weighted by Crippen LogP contribution is -2.56. The highest BCUT2D eigenvalue weighted by atomic mass is 16.7. The van der Waals surface area contributed by atoms with Crippen LogP contribution in [0.3, 0.4) is 0 Å². The van der Waals surface area contributed by atoms with Crippen LogP contribution in [0, 0.1) is 10.8 Å². The number of rotatable bonds is 8. The molecule has 8 heteroatoms. The lowest BCUT2D eigenvalue weighted by molar-refractivity contribution is -0.217. The molecule has 2 aliphatic rings. The molecule has 0 amide bonds. The average molecular weight is 421 g/mol. The van der Waals surface area contributed by atoms with E-state index >= 15 is 0 Å². The fourth-order valence-electron chi connectivity index (χ4n) is 3.50. The van der Waals surface area contributed by atoms with Crippen LogP contribution < -0.4 is 20.7 Å². The van der Waals surface area contributed by atoms with Crippen molar-refractivity contribution in [3.63, 3.8) is 0 Å². The van der Waals surface area contributed by atoms with Crippen molar-refractivity contribution in [3.8, 4) is 5.75 Å². The molecule has 0 bridgehead atoms. The minimum atomic E-state index is -0.295. The first-order valence-electron chi connectivity index (χ1n) is 10.6. The highest BCUT2D eigenvalue weighted by Crippen LogP contribution is 2.36. The minimum Gasteiger partial charge on any atom is -0.489 e. The van der Waals surface area contributed by atoms with Crippen molar-refractivity contribution in [1.82, 2.24) is 10.3 Å². The highest BCUT2D eigenvalue weighted by Gasteiger charge is 2.38. The molecule has 0 aromatic carbocycles. The van der Waals surface area contributed by atoms with Crippen LogP contribution in [0.25, 0.3) is 5.70 Å². The molecular weight excluding hydrogens is 384 g/mol. The maximum atomic E-state index is 9.49. The minimum absolute atomic E-state index is 0.00643. The molecule has 2 saturated heterocycles. The molecule has 0 spiro atoms. The maximum absolute atomic E-state index is 9.49. The van der Waals surface area contributed by atoms with Crippen molar-refractivity contribution in [2.45, 2.75) is 47.0 Å². The Hall–Kier alpha value is -2.03. The van der Waals surface area contributed by atoms with Crippen LogP contribution in [0.2, 0.25) is 0 Å². The molecule has 3 heterocycles. The number of hydrogen-bond acceptors (Lipinski definition) is 8. The van der Waals surface area contributed by atoms with E-state index in [2.05, 4.69) is 36.0 Å². The van der Waals surface area contributed by atoms with Crippen LogP contribution in [0.5, 0.6) is 5.75 Å². The standard InChI is InChI=1S/C22H36N4O4/c1-15(2)30-18-6-16(26-10-22(5,11-26)12-27)7-25-20(18)17(23)8-24-9-19-28-13-21(3,4)14-29-19/h6-8,15,19,24,27H,9-14,23H2,1-5H3/b17-8-. The van der Waals surface area contributed by atoms with Gasteiger partial charge in [0.05, 0.1) is 50.1 Å². The molecular formula is C22H36N4O4. The molecule has 8 nitrogen and oxygen atoms in total. The van der Waals surface area contributed by atoms with Gasteiger partial charge in [0.1, 0.15) is 11.4 Å². The summed E-state index contributed by atoms with van der Waals surface area (Å²) in [4.78, 5) is 6.75. The van der Waals surface area contributed by atoms with E-state index in [0.717, 1.165) is 18.8 Å². The van der Waals surface area contributed by atoms with Gasteiger partial charge in [0.25, 0.3) is 0 Å². The first-order valence-corrected chi connectivity index (χ1v) is 10.6. The zero-order chi connectivity index (χ0) is 21.9. The van der Waals surface area contributed by atoms with Crippen LogP contribution in [0.4, 0.5) is 5.69 Å². The molecule has 0 aliphatic carbocycles. The number of pyridine rings is 1. The number of aliphatic hydroxyl groups excluding tert-OH is 1. The fraction of sp³-hybridized carbons (Fsp3) is 0.682. The van der Waals surface area contributed by atoms with Gasteiger partial charge in [-0.05, 0) is 13.8 Å². The Kier molecular flexibility index (Phi) is 6.79. The predicted octanol–water partition coefficient (Wildman–Crippen LogP) is 1.93. The van der Waals surface area contributed by atoms with E-state index in [1.54, 1.807) is 12.4 Å². The first-order chi connectivity index (χ1) is 14.1. The van der Waals surface area contributed by atoms with Crippen LogP contribution in [0.15, 0.2) is 18.5 Å². The molecule has 1 aromatic heterocycles. The van der Waals surface area contributed by atoms with Crippen molar-refractivity contribution >= 4 is 11.4 Å². The molecule has 2 aliphatic heterocycles. The van der Waals surface area contributed by atoms with E-state index in [9.17, 15) is 5.11 Å². The number of nitrogens with two attached hydrogens (primary N) is 1. The van der Waals surface area contributed by atoms with E-state index in [0.29, 0.717) is 36.9 Å². The Bertz CT molecular complexity index is 750. The lowest BCUT2D eigenvalue weighted by atomic mass is 9.82. The van der Waals surface area contributed by atoms with Gasteiger partial charge in [-0.15, -0.1) is 0 Å². The molecule has 2 fully saturated rings. The second kappa shape index (κ2) is 8.99. The molecule has 0 unspecified atom stereocenters. The quantitative estimate of drug-likeness (QED) is 0.586. The number of ether oxygens (including phenoxy) is 3. The van der Waals surface area contributed by atoms with Gasteiger partial charge in [-0.25, -0.2) is 4.98 Å². The van der Waals surface area contributed by atoms with E-state index in [4.69, 9.17) is 19.9 Å². The van der Waals surface area contributed by atoms with Gasteiger partial charge in [0.15, 0.2) is 6.29 Å². The van der Waals surface area contributed by atoms with E-state index in [1.807, 2.05) is 19.9 Å². The summed E-state index contributed by atoms with van der Waals surface area (Å²) in [5.41, 5.74) is 8.33. The van der Waals surface area contributed by atoms with Crippen molar-refractivity contribution in [2.75, 3.05) is 44.4 Å². The lowest BCUT2D eigenvalue weighted by Gasteiger charge is -2.48. The SMILES string of the molecule is CC(C)Oc1cc(N2CC(C)(CO)C2)cnc1/C(N)=C/NCC1OCC(C)(C)CO1. The zero-order valence-corrected chi connectivity index (χ0v) is 18.8. The third kappa shape index (κ3) is 5.56. The van der Waals surface area contributed by atoms with Gasteiger partial charge in [0.2, 0.25) is 0 Å². The average Bonchev–Trinajstić information content (AvgIpc) is 2.66. The van der Waals surface area contributed by atoms with Crippen molar-refractivity contribution < 1.29 is 19.3 Å². The Morgan fingerprint density at radius 3 is 2.63 bits per heavy atom. The third-order valence-electron chi connectivity index (χ3n) is 5.23. The second-order valence-electron chi connectivity index (χ2n) is 9.76. The number of nitrogens with zero attached hydrogens (tertiary/aromatic N) is 2. The van der Waals surface area contributed by atoms with Crippen LogP contribution >= 0.6 is 0 Å². The summed E-state index contributed by atoms with van der Waals surface area (Å²) >= 11 is 0. The Labute approximate surface area is 179 Å². The number of aromatic nitrogens is 1. The summed E-state index contributed by atoms with van der Waals surface area (Å²) in [5.74, 6) is 0.641. The summed E-state index contributed by atoms with van der Waals surface area (Å²) in [5, 5.41) is 12.7. The van der Waals surface area contributed by atoms with Crippen LogP contribution in [-0.2, 0) is 9.47 Å². The monoisotopic (exact) mass is 420 g/mol. The number of hydrogen-bond donors (Lipinski definition) is 3. The predicted molar refractivity (Wildman–Crippen MR) is 117 cm³/mol. The van der Waals surface area contributed by atoms with Crippen molar-refractivity contribution in [1.29, 1.82) is 0 Å². The van der Waals surface area contributed by atoms with Gasteiger partial charge in [-0.3, -0.25) is 0 Å². The molecule has 0 radical (unpaired) electrons. The first kappa shape index (κ1) is 22.7. The molecule has 4 N–H and O–H groups in total. The summed E-state index contributed by atoms with van der Waals surface area (Å²) in [6.45, 7) is 13.8. The fourth-order valence-corrected chi connectivity index (χ4v) is 3.50. The summed E-state index contributed by atoms with van der Waals surface area (Å²) in [7, 11) is 0. The normalized spacial score (nSPS) is 21.4. The van der Waals surface area contributed by atoms with Crippen LogP contribution in [-0.4, -0.2) is 61.9 Å². The zero-order valence-electron chi connectivity index (χ0n) is 18.8. The molecule has 0 saturated carbocycles. The molecule has 30 heavy (non-hydrogen) atoms. The topological polar surface area (TPSA) is 102 Å². The molecule has 168 valence electrons. The highest BCUT2D eigenvalue weighted by molar-refractivity contribution is 5.67. The summed E-state index contributed by atoms with van der Waals surface area (Å²) in [6.07, 6.45) is 3.22. The maximum Gasteiger partial charge on any atom is 0.174 e. The Balaban J connectivity index is 1.65. The molecule has 0 atom stereocenters. The third-order valence-corrected chi connectivity index (χ3v) is 5.23. The van der Waals surface area contributed by atoms with Gasteiger partial charge in [-0.2, -0.15) is 0 Å². The van der Waals surface area contributed by atoms with Gasteiger partial charge in [0, 0.05) is 36.2 Å². The molecule has 3 rings (SSSR count). The Morgan fingerprint density at radius 2 is 2.03 bits per heavy atom. The molecule has 1 aromatic rings. The smallest absolute Gasteiger partial charge is 0.174 e. The van der Waals surface area contributed by atoms with E-state index in [1.165, 1.54) is 0 Å². The second-order valence-corrected chi connectivity index (χ2v) is 9.76. The number of nitrogens with one attached hydrogen (secondary N) is 1. The van der Waals surface area contributed by atoms with Gasteiger partial charge < -0.3 is 35.3 Å². The number of aliphatic hydroxyl groups is 1. The van der Waals surface area contributed by atoms with Gasteiger partial charge in [-0.1, -0.05) is 20.8 Å². The van der Waals surface area contributed by atoms with Gasteiger partial charge >= 0.3 is 0 Å². The Morgan fingerprint density at radius 1 is 1.37 bits per heavy atom. The van der Waals surface area contributed by atoms with E-state index in [-0.39, 0.29) is 29.8 Å². The van der Waals surface area contributed by atoms with Crippen LogP contribution in [0.1, 0.15) is 40.3 Å². The van der Waals surface area contributed by atoms with Crippen molar-refractivity contribution in [2.24, 2.45) is 16.6 Å². The van der Waals surface area contributed by atoms with Crippen molar-refractivity contribution in [3.05, 3.63) is 24.2 Å². The number of anilines is 1. The van der Waals surface area contributed by atoms with E-state index < -0.39 is 0 Å². The summed E-state index contributed by atoms with van der Waals surface area (Å²) in [6, 6.07) is 1.97.